The molecule has 0 aromatic carbocycles. The van der Waals surface area contributed by atoms with Crippen molar-refractivity contribution in [1.82, 2.24) is 15.0 Å². The van der Waals surface area contributed by atoms with E-state index >= 15 is 0 Å². The summed E-state index contributed by atoms with van der Waals surface area (Å²) in [6.07, 6.45) is 7.50. The summed E-state index contributed by atoms with van der Waals surface area (Å²) in [5, 5.41) is 10.8. The van der Waals surface area contributed by atoms with Gasteiger partial charge in [0.2, 0.25) is 0 Å². The number of hydrogen-bond acceptors (Lipinski definition) is 10. The second kappa shape index (κ2) is 9.66. The van der Waals surface area contributed by atoms with Gasteiger partial charge < -0.3 is 31.1 Å². The highest BCUT2D eigenvalue weighted by Crippen LogP contribution is 2.43. The number of rotatable bonds is 5. The highest BCUT2D eigenvalue weighted by molar-refractivity contribution is 7.99. The molecule has 0 aliphatic carbocycles. The van der Waals surface area contributed by atoms with Crippen LogP contribution in [0.4, 0.5) is 17.5 Å². The molecule has 2 aromatic heterocycles. The first-order chi connectivity index (χ1) is 16.4. The Balaban J connectivity index is 1.29. The van der Waals surface area contributed by atoms with Crippen LogP contribution in [-0.4, -0.2) is 71.1 Å². The van der Waals surface area contributed by atoms with Crippen LogP contribution in [0.25, 0.3) is 0 Å². The van der Waals surface area contributed by atoms with E-state index in [0.717, 1.165) is 62.6 Å². The molecule has 0 radical (unpaired) electrons. The van der Waals surface area contributed by atoms with Gasteiger partial charge in [-0.15, -0.1) is 0 Å². The minimum absolute atomic E-state index is 0.0478. The van der Waals surface area contributed by atoms with Gasteiger partial charge in [0.15, 0.2) is 5.82 Å². The van der Waals surface area contributed by atoms with Gasteiger partial charge in [0.05, 0.1) is 36.6 Å². The third-order valence-corrected chi connectivity index (χ3v) is 9.14. The minimum Gasteiger partial charge on any atom is -0.394 e. The molecular formula is C23H32ClN7O2S. The predicted molar refractivity (Wildman–Crippen MR) is 135 cm³/mol. The topological polar surface area (TPSA) is 127 Å². The number of aliphatic hydroxyl groups is 1. The van der Waals surface area contributed by atoms with E-state index in [1.165, 1.54) is 11.8 Å². The molecule has 0 saturated carbocycles. The number of hydrogen-bond donors (Lipinski definition) is 3. The normalized spacial score (nSPS) is 26.5. The summed E-state index contributed by atoms with van der Waals surface area (Å²) in [5.41, 5.74) is 12.8. The zero-order chi connectivity index (χ0) is 23.9. The Morgan fingerprint density at radius 1 is 1.29 bits per heavy atom. The lowest BCUT2D eigenvalue weighted by atomic mass is 9.73. The van der Waals surface area contributed by atoms with Gasteiger partial charge in [-0.2, -0.15) is 0 Å². The van der Waals surface area contributed by atoms with Crippen LogP contribution in [0.1, 0.15) is 32.6 Å². The maximum Gasteiger partial charge on any atom is 0.158 e. The van der Waals surface area contributed by atoms with E-state index in [4.69, 9.17) is 27.8 Å². The molecule has 11 heteroatoms. The molecule has 34 heavy (non-hydrogen) atoms. The first-order valence-corrected chi connectivity index (χ1v) is 13.1. The molecule has 0 bridgehead atoms. The summed E-state index contributed by atoms with van der Waals surface area (Å²) in [6, 6.07) is 1.98. The van der Waals surface area contributed by atoms with Crippen LogP contribution in [0.2, 0.25) is 5.02 Å². The Kier molecular flexibility index (Phi) is 6.78. The van der Waals surface area contributed by atoms with Crippen LogP contribution in [0.5, 0.6) is 0 Å². The summed E-state index contributed by atoms with van der Waals surface area (Å²) >= 11 is 8.11. The SMILES string of the molecule is C[C@@H]1OCC2(CCN(c3cnc(Sc4ccnc(N5CCCC5CO)c4Cl)c(N)n3)CC2)[C@@H]1N. The molecule has 184 valence electrons. The van der Waals surface area contributed by atoms with E-state index in [1.54, 1.807) is 12.4 Å². The number of piperidine rings is 1. The average Bonchev–Trinajstić information content (AvgIpc) is 3.43. The van der Waals surface area contributed by atoms with Crippen molar-refractivity contribution in [1.29, 1.82) is 0 Å². The third-order valence-electron chi connectivity index (χ3n) is 7.58. The van der Waals surface area contributed by atoms with Crippen molar-refractivity contribution in [2.75, 3.05) is 48.4 Å². The Labute approximate surface area is 209 Å². The molecule has 3 atom stereocenters. The minimum atomic E-state index is 0.0478. The van der Waals surface area contributed by atoms with Crippen LogP contribution in [0.15, 0.2) is 28.4 Å². The second-order valence-corrected chi connectivity index (χ2v) is 10.9. The van der Waals surface area contributed by atoms with Crippen LogP contribution in [-0.2, 0) is 4.74 Å². The van der Waals surface area contributed by atoms with Gasteiger partial charge in [0.25, 0.3) is 0 Å². The second-order valence-electron chi connectivity index (χ2n) is 9.53. The number of halogens is 1. The standard InChI is InChI=1S/C23H32ClN7O2S/c1-14-19(25)23(13-33-14)5-9-30(10-6-23)17-11-28-22(20(26)29-17)34-16-4-7-27-21(18(16)24)31-8-2-3-15(31)12-32/h4,7,11,14-15,19,32H,2-3,5-6,8-10,12-13,25H2,1H3,(H2,26,29)/t14-,15?,19+/m0/s1. The van der Waals surface area contributed by atoms with E-state index in [-0.39, 0.29) is 30.2 Å². The molecule has 1 unspecified atom stereocenters. The molecule has 2 aromatic rings. The zero-order valence-electron chi connectivity index (χ0n) is 19.4. The van der Waals surface area contributed by atoms with E-state index in [9.17, 15) is 5.11 Å². The van der Waals surface area contributed by atoms with E-state index in [2.05, 4.69) is 31.7 Å². The lowest BCUT2D eigenvalue weighted by molar-refractivity contribution is 0.0974. The Morgan fingerprint density at radius 2 is 2.09 bits per heavy atom. The zero-order valence-corrected chi connectivity index (χ0v) is 20.9. The molecule has 3 saturated heterocycles. The van der Waals surface area contributed by atoms with Crippen molar-refractivity contribution >= 4 is 40.8 Å². The molecule has 0 amide bonds. The number of pyridine rings is 1. The van der Waals surface area contributed by atoms with E-state index < -0.39 is 0 Å². The smallest absolute Gasteiger partial charge is 0.158 e. The van der Waals surface area contributed by atoms with Crippen LogP contribution in [0, 0.1) is 5.41 Å². The Bertz CT molecular complexity index is 1040. The van der Waals surface area contributed by atoms with Crippen molar-refractivity contribution < 1.29 is 9.84 Å². The van der Waals surface area contributed by atoms with Crippen molar-refractivity contribution in [2.24, 2.45) is 11.1 Å². The molecule has 1 spiro atoms. The van der Waals surface area contributed by atoms with Crippen molar-refractivity contribution in [3.8, 4) is 0 Å². The van der Waals surface area contributed by atoms with Crippen LogP contribution < -0.4 is 21.3 Å². The highest BCUT2D eigenvalue weighted by atomic mass is 35.5. The molecule has 5 N–H and O–H groups in total. The monoisotopic (exact) mass is 505 g/mol. The summed E-state index contributed by atoms with van der Waals surface area (Å²) < 4.78 is 5.83. The number of aliphatic hydroxyl groups excluding tert-OH is 1. The van der Waals surface area contributed by atoms with Gasteiger partial charge in [-0.05, 0) is 38.7 Å². The van der Waals surface area contributed by atoms with E-state index in [1.807, 2.05) is 6.07 Å². The van der Waals surface area contributed by atoms with Crippen molar-refractivity contribution in [2.45, 2.75) is 60.7 Å². The maximum absolute atomic E-state index is 9.68. The first-order valence-electron chi connectivity index (χ1n) is 11.9. The number of ether oxygens (including phenoxy) is 1. The fourth-order valence-electron chi connectivity index (χ4n) is 5.37. The molecular weight excluding hydrogens is 474 g/mol. The first kappa shape index (κ1) is 23.9. The van der Waals surface area contributed by atoms with Crippen LogP contribution >= 0.6 is 23.4 Å². The summed E-state index contributed by atoms with van der Waals surface area (Å²) in [5.74, 6) is 1.85. The maximum atomic E-state index is 9.68. The molecule has 5 rings (SSSR count). The number of anilines is 3. The fourth-order valence-corrected chi connectivity index (χ4v) is 6.48. The lowest BCUT2D eigenvalue weighted by Gasteiger charge is -2.41. The predicted octanol–water partition coefficient (Wildman–Crippen LogP) is 2.55. The number of nitrogens with zero attached hydrogens (tertiary/aromatic N) is 5. The molecule has 3 aliphatic heterocycles. The Morgan fingerprint density at radius 3 is 2.76 bits per heavy atom. The van der Waals surface area contributed by atoms with Crippen LogP contribution in [0.3, 0.4) is 0 Å². The number of nitrogen functional groups attached to an aromatic ring is 1. The third kappa shape index (κ3) is 4.30. The van der Waals surface area contributed by atoms with Gasteiger partial charge in [-0.1, -0.05) is 23.4 Å². The van der Waals surface area contributed by atoms with E-state index in [0.29, 0.717) is 21.7 Å². The fraction of sp³-hybridized carbons (Fsp3) is 0.609. The van der Waals surface area contributed by atoms with Gasteiger partial charge in [-0.25, -0.2) is 15.0 Å². The summed E-state index contributed by atoms with van der Waals surface area (Å²) in [4.78, 5) is 18.9. The summed E-state index contributed by atoms with van der Waals surface area (Å²) in [7, 11) is 0. The molecule has 3 fully saturated rings. The van der Waals surface area contributed by atoms with Crippen molar-refractivity contribution in [3.05, 3.63) is 23.5 Å². The largest absolute Gasteiger partial charge is 0.394 e. The van der Waals surface area contributed by atoms with Gasteiger partial charge in [-0.3, -0.25) is 0 Å². The number of aromatic nitrogens is 3. The molecule has 3 aliphatic rings. The van der Waals surface area contributed by atoms with Gasteiger partial charge in [0, 0.05) is 42.2 Å². The average molecular weight is 506 g/mol. The van der Waals surface area contributed by atoms with Crippen molar-refractivity contribution in [3.63, 3.8) is 0 Å². The van der Waals surface area contributed by atoms with Gasteiger partial charge >= 0.3 is 0 Å². The quantitative estimate of drug-likeness (QED) is 0.557. The Hall–Kier alpha value is -1.85. The summed E-state index contributed by atoms with van der Waals surface area (Å²) in [6.45, 7) is 5.42. The highest BCUT2D eigenvalue weighted by Gasteiger charge is 2.47. The molecule has 5 heterocycles. The molecule has 9 nitrogen and oxygen atoms in total. The number of nitrogens with two attached hydrogens (primary N) is 2. The lowest BCUT2D eigenvalue weighted by Crippen LogP contribution is -2.50. The van der Waals surface area contributed by atoms with Gasteiger partial charge in [0.1, 0.15) is 16.7 Å².